The first-order valence-corrected chi connectivity index (χ1v) is 13.4. The number of carbonyl (C=O) groups is 2. The van der Waals surface area contributed by atoms with Crippen molar-refractivity contribution < 1.29 is 23.8 Å². The van der Waals surface area contributed by atoms with Crippen LogP contribution < -0.4 is 4.74 Å². The predicted octanol–water partition coefficient (Wildman–Crippen LogP) is 4.57. The van der Waals surface area contributed by atoms with Gasteiger partial charge in [0.1, 0.15) is 17.3 Å². The number of aromatic amines is 1. The lowest BCUT2D eigenvalue weighted by atomic mass is 9.81. The van der Waals surface area contributed by atoms with Gasteiger partial charge >= 0.3 is 6.03 Å². The zero-order valence-electron chi connectivity index (χ0n) is 21.8. The van der Waals surface area contributed by atoms with E-state index in [0.717, 1.165) is 25.9 Å². The molecule has 2 N–H and O–H groups in total. The van der Waals surface area contributed by atoms with E-state index in [0.29, 0.717) is 40.8 Å². The highest BCUT2D eigenvalue weighted by Crippen LogP contribution is 2.49. The average molecular weight is 521 g/mol. The number of imide groups is 1. The van der Waals surface area contributed by atoms with Crippen LogP contribution in [-0.4, -0.2) is 75.6 Å². The van der Waals surface area contributed by atoms with Gasteiger partial charge in [-0.25, -0.2) is 9.18 Å². The van der Waals surface area contributed by atoms with Crippen LogP contribution in [0, 0.1) is 5.82 Å². The number of halogens is 1. The molecule has 3 aromatic rings. The molecule has 2 aromatic carbocycles. The van der Waals surface area contributed by atoms with Gasteiger partial charge in [-0.2, -0.15) is 0 Å². The highest BCUT2D eigenvalue weighted by atomic mass is 19.1. The summed E-state index contributed by atoms with van der Waals surface area (Å²) in [5.41, 5.74) is 1.31. The summed E-state index contributed by atoms with van der Waals surface area (Å²) in [5, 5.41) is 10.7. The summed E-state index contributed by atoms with van der Waals surface area (Å²) in [6, 6.07) is 8.94. The van der Waals surface area contributed by atoms with Crippen LogP contribution in [0.3, 0.4) is 0 Å². The van der Waals surface area contributed by atoms with Crippen molar-refractivity contribution in [1.82, 2.24) is 19.7 Å². The number of aromatic hydroxyl groups is 1. The minimum Gasteiger partial charge on any atom is -0.508 e. The molecule has 0 bridgehead atoms. The monoisotopic (exact) mass is 520 g/mol. The number of fused-ring (bicyclic) bond motifs is 4. The smallest absolute Gasteiger partial charge is 0.328 e. The van der Waals surface area contributed by atoms with Crippen molar-refractivity contribution in [2.75, 3.05) is 33.3 Å². The van der Waals surface area contributed by atoms with Crippen LogP contribution in [-0.2, 0) is 11.2 Å². The van der Waals surface area contributed by atoms with Crippen LogP contribution in [0.5, 0.6) is 11.5 Å². The summed E-state index contributed by atoms with van der Waals surface area (Å²) in [5.74, 6) is -0.597. The van der Waals surface area contributed by atoms with E-state index >= 15 is 4.39 Å². The second kappa shape index (κ2) is 9.31. The molecule has 6 rings (SSSR count). The first kappa shape index (κ1) is 24.7. The topological polar surface area (TPSA) is 89.1 Å². The number of nitrogens with zero attached hydrogens (tertiary/aromatic N) is 3. The number of H-pyrrole nitrogens is 1. The van der Waals surface area contributed by atoms with Gasteiger partial charge < -0.3 is 19.7 Å². The Morgan fingerprint density at radius 3 is 2.58 bits per heavy atom. The van der Waals surface area contributed by atoms with Crippen molar-refractivity contribution >= 4 is 22.8 Å². The van der Waals surface area contributed by atoms with Gasteiger partial charge in [-0.3, -0.25) is 14.6 Å². The Bertz CT molecular complexity index is 1410. The van der Waals surface area contributed by atoms with Crippen molar-refractivity contribution in [3.05, 3.63) is 59.0 Å². The molecule has 0 unspecified atom stereocenters. The van der Waals surface area contributed by atoms with Gasteiger partial charge in [-0.1, -0.05) is 25.0 Å². The fraction of sp³-hybridized carbons (Fsp3) is 0.448. The summed E-state index contributed by atoms with van der Waals surface area (Å²) in [6.07, 6.45) is 4.85. The number of benzene rings is 2. The molecule has 2 atom stereocenters. The molecular formula is C29H33FN4O4. The van der Waals surface area contributed by atoms with Crippen molar-refractivity contribution in [3.63, 3.8) is 0 Å². The lowest BCUT2D eigenvalue weighted by Gasteiger charge is -2.42. The van der Waals surface area contributed by atoms with Crippen LogP contribution in [0.25, 0.3) is 10.9 Å². The third-order valence-electron chi connectivity index (χ3n) is 8.47. The first-order valence-electron chi connectivity index (χ1n) is 13.4. The van der Waals surface area contributed by atoms with Gasteiger partial charge in [0, 0.05) is 36.1 Å². The number of ether oxygens (including phenoxy) is 1. The number of methoxy groups -OCH3 is 1. The zero-order valence-corrected chi connectivity index (χ0v) is 21.8. The standard InChI is InChI=1S/C29H33FN4O4/c1-29-17-20-23-21(10-11-22(38-2)24(23)30)31-25(20)26(18-8-7-9-19(35)16-18)34(29)28(37)33(27(29)36)15-14-32-12-5-3-4-6-13-32/h7-11,16,26,31,35H,3-6,12-15,17H2,1-2H3/t26-,29+/m1/s1. The molecule has 2 saturated heterocycles. The van der Waals surface area contributed by atoms with Crippen LogP contribution in [0.1, 0.15) is 55.5 Å². The summed E-state index contributed by atoms with van der Waals surface area (Å²) < 4.78 is 20.8. The maximum Gasteiger partial charge on any atom is 0.328 e. The summed E-state index contributed by atoms with van der Waals surface area (Å²) in [7, 11) is 1.42. The van der Waals surface area contributed by atoms with Gasteiger partial charge in [0.05, 0.1) is 7.11 Å². The molecule has 2 fully saturated rings. The number of phenolic OH excluding ortho intramolecular Hbond substituents is 1. The summed E-state index contributed by atoms with van der Waals surface area (Å²) >= 11 is 0. The second-order valence-corrected chi connectivity index (χ2v) is 10.8. The molecule has 38 heavy (non-hydrogen) atoms. The number of phenols is 1. The highest BCUT2D eigenvalue weighted by molar-refractivity contribution is 6.08. The average Bonchev–Trinajstić information content (AvgIpc) is 3.18. The van der Waals surface area contributed by atoms with Crippen molar-refractivity contribution in [2.45, 2.75) is 50.6 Å². The fourth-order valence-corrected chi connectivity index (χ4v) is 6.55. The Labute approximate surface area is 221 Å². The molecule has 0 aliphatic carbocycles. The third kappa shape index (κ3) is 3.74. The molecule has 9 heteroatoms. The largest absolute Gasteiger partial charge is 0.508 e. The lowest BCUT2D eigenvalue weighted by molar-refractivity contribution is -0.133. The fourth-order valence-electron chi connectivity index (χ4n) is 6.55. The van der Waals surface area contributed by atoms with E-state index < -0.39 is 17.4 Å². The van der Waals surface area contributed by atoms with Crippen LogP contribution in [0.4, 0.5) is 9.18 Å². The Morgan fingerprint density at radius 1 is 1.11 bits per heavy atom. The van der Waals surface area contributed by atoms with E-state index in [9.17, 15) is 14.7 Å². The third-order valence-corrected chi connectivity index (χ3v) is 8.47. The second-order valence-electron chi connectivity index (χ2n) is 10.8. The molecule has 0 radical (unpaired) electrons. The SMILES string of the molecule is COc1ccc2[nH]c3c(c2c1F)C[C@@]1(C)C(=O)N(CCN2CCCCCC2)C(=O)N1[C@@H]3c1cccc(O)c1. The molecule has 200 valence electrons. The van der Waals surface area contributed by atoms with Gasteiger partial charge in [0.25, 0.3) is 5.91 Å². The minimum absolute atomic E-state index is 0.0521. The van der Waals surface area contributed by atoms with Crippen molar-refractivity contribution in [1.29, 1.82) is 0 Å². The molecule has 4 heterocycles. The zero-order chi connectivity index (χ0) is 26.6. The Morgan fingerprint density at radius 2 is 1.87 bits per heavy atom. The van der Waals surface area contributed by atoms with Crippen LogP contribution >= 0.6 is 0 Å². The first-order chi connectivity index (χ1) is 18.3. The Kier molecular flexibility index (Phi) is 6.06. The molecule has 0 saturated carbocycles. The maximum atomic E-state index is 15.6. The normalized spacial score (nSPS) is 24.0. The van der Waals surface area contributed by atoms with Crippen LogP contribution in [0.15, 0.2) is 36.4 Å². The number of urea groups is 1. The molecule has 8 nitrogen and oxygen atoms in total. The number of hydrogen-bond donors (Lipinski definition) is 2. The maximum absolute atomic E-state index is 15.6. The van der Waals surface area contributed by atoms with E-state index in [1.165, 1.54) is 24.9 Å². The predicted molar refractivity (Wildman–Crippen MR) is 141 cm³/mol. The van der Waals surface area contributed by atoms with Gasteiger partial charge in [-0.15, -0.1) is 0 Å². The number of carbonyl (C=O) groups excluding carboxylic acids is 2. The number of nitrogens with one attached hydrogen (secondary N) is 1. The number of likely N-dealkylation sites (tertiary alicyclic amines) is 1. The number of aromatic nitrogens is 1. The van der Waals surface area contributed by atoms with Crippen molar-refractivity contribution in [3.8, 4) is 11.5 Å². The van der Waals surface area contributed by atoms with Gasteiger partial charge in [0.15, 0.2) is 11.6 Å². The summed E-state index contributed by atoms with van der Waals surface area (Å²) in [6.45, 7) is 4.67. The summed E-state index contributed by atoms with van der Waals surface area (Å²) in [4.78, 5) is 36.7. The molecule has 3 aliphatic rings. The van der Waals surface area contributed by atoms with E-state index in [4.69, 9.17) is 4.74 Å². The van der Waals surface area contributed by atoms with Crippen molar-refractivity contribution in [2.24, 2.45) is 0 Å². The van der Waals surface area contributed by atoms with E-state index in [-0.39, 0.29) is 29.9 Å². The number of amides is 3. The Hall–Kier alpha value is -3.59. The molecule has 0 spiro atoms. The molecule has 1 aromatic heterocycles. The number of rotatable bonds is 5. The van der Waals surface area contributed by atoms with E-state index in [1.807, 2.05) is 6.07 Å². The Balaban J connectivity index is 1.45. The van der Waals surface area contributed by atoms with E-state index in [2.05, 4.69) is 9.88 Å². The molecule has 3 aliphatic heterocycles. The minimum atomic E-state index is -1.20. The molecular weight excluding hydrogens is 487 g/mol. The van der Waals surface area contributed by atoms with Crippen LogP contribution in [0.2, 0.25) is 0 Å². The number of hydrogen-bond acceptors (Lipinski definition) is 5. The highest BCUT2D eigenvalue weighted by Gasteiger charge is 2.60. The van der Waals surface area contributed by atoms with Gasteiger partial charge in [0.2, 0.25) is 0 Å². The van der Waals surface area contributed by atoms with Gasteiger partial charge in [-0.05, 0) is 68.2 Å². The lowest BCUT2D eigenvalue weighted by Crippen LogP contribution is -2.53. The quantitative estimate of drug-likeness (QED) is 0.482. The molecule has 3 amide bonds. The van der Waals surface area contributed by atoms with E-state index in [1.54, 1.807) is 42.2 Å².